The van der Waals surface area contributed by atoms with Crippen molar-refractivity contribution in [3.8, 4) is 5.75 Å². The monoisotopic (exact) mass is 358 g/mol. The lowest BCUT2D eigenvalue weighted by Crippen LogP contribution is -2.47. The summed E-state index contributed by atoms with van der Waals surface area (Å²) >= 11 is 0. The van der Waals surface area contributed by atoms with E-state index in [1.807, 2.05) is 41.5 Å². The van der Waals surface area contributed by atoms with Crippen LogP contribution in [0.15, 0.2) is 12.1 Å². The molecule has 1 N–H and O–H groups in total. The van der Waals surface area contributed by atoms with E-state index in [0.29, 0.717) is 24.0 Å². The highest BCUT2D eigenvalue weighted by atomic mass is 19.4. The Kier molecular flexibility index (Phi) is 4.53. The zero-order chi connectivity index (χ0) is 19.4. The van der Waals surface area contributed by atoms with Crippen LogP contribution in [0.25, 0.3) is 0 Å². The molecule has 1 unspecified atom stereocenters. The number of alkyl halides is 3. The highest BCUT2D eigenvalue weighted by Crippen LogP contribution is 2.53. The number of benzene rings is 1. The number of halogens is 3. The van der Waals surface area contributed by atoms with Gasteiger partial charge in [0.15, 0.2) is 0 Å². The second-order valence-corrected chi connectivity index (χ2v) is 7.97. The van der Waals surface area contributed by atoms with Crippen LogP contribution in [0.3, 0.4) is 0 Å². The Bertz CT molecular complexity index is 705. The van der Waals surface area contributed by atoms with Gasteiger partial charge in [0.05, 0.1) is 0 Å². The van der Waals surface area contributed by atoms with Crippen LogP contribution < -0.4 is 4.74 Å². The lowest BCUT2D eigenvalue weighted by Gasteiger charge is -2.31. The predicted molar refractivity (Wildman–Crippen MR) is 88.7 cm³/mol. The number of esters is 1. The average Bonchev–Trinajstić information content (AvgIpc) is 2.78. The van der Waals surface area contributed by atoms with Gasteiger partial charge in [-0.05, 0) is 35.3 Å². The van der Waals surface area contributed by atoms with Crippen LogP contribution in [-0.4, -0.2) is 17.3 Å². The van der Waals surface area contributed by atoms with Crippen molar-refractivity contribution in [2.24, 2.45) is 0 Å². The molecule has 0 spiro atoms. The Morgan fingerprint density at radius 2 is 1.56 bits per heavy atom. The zero-order valence-corrected chi connectivity index (χ0v) is 15.5. The molecule has 25 heavy (non-hydrogen) atoms. The second kappa shape index (κ2) is 5.73. The number of carbonyl (C=O) groups excluding carboxylic acids is 1. The molecule has 3 nitrogen and oxygen atoms in total. The third kappa shape index (κ3) is 2.84. The van der Waals surface area contributed by atoms with Crippen molar-refractivity contribution in [2.75, 3.05) is 0 Å². The van der Waals surface area contributed by atoms with E-state index in [-0.39, 0.29) is 5.75 Å². The summed E-state index contributed by atoms with van der Waals surface area (Å²) in [6, 6.07) is 3.08. The first-order valence-electron chi connectivity index (χ1n) is 8.43. The average molecular weight is 358 g/mol. The number of rotatable bonds is 4. The minimum atomic E-state index is -5.15. The summed E-state index contributed by atoms with van der Waals surface area (Å²) in [5, 5.41) is 10.3. The smallest absolute Gasteiger partial charge is 0.423 e. The molecule has 6 heteroatoms. The van der Waals surface area contributed by atoms with Crippen LogP contribution in [0, 0.1) is 0 Å². The van der Waals surface area contributed by atoms with Gasteiger partial charge in [-0.3, -0.25) is 0 Å². The van der Waals surface area contributed by atoms with Gasteiger partial charge in [-0.25, -0.2) is 4.79 Å². The summed E-state index contributed by atoms with van der Waals surface area (Å²) in [6.07, 6.45) is -3.83. The normalized spacial score (nSPS) is 21.3. The molecule has 1 aromatic rings. The minimum Gasteiger partial charge on any atom is -0.423 e. The van der Waals surface area contributed by atoms with Crippen LogP contribution in [0.4, 0.5) is 13.2 Å². The van der Waals surface area contributed by atoms with Gasteiger partial charge < -0.3 is 9.84 Å². The number of fused-ring (bicyclic) bond motifs is 1. The van der Waals surface area contributed by atoms with Crippen molar-refractivity contribution < 1.29 is 27.8 Å². The molecule has 0 bridgehead atoms. The van der Waals surface area contributed by atoms with E-state index < -0.39 is 34.1 Å². The van der Waals surface area contributed by atoms with Crippen molar-refractivity contribution >= 4 is 5.97 Å². The largest absolute Gasteiger partial charge is 0.432 e. The van der Waals surface area contributed by atoms with Crippen LogP contribution >= 0.6 is 0 Å². The van der Waals surface area contributed by atoms with Gasteiger partial charge >= 0.3 is 12.1 Å². The molecule has 1 heterocycles. The number of ether oxygens (including phenoxy) is 1. The predicted octanol–water partition coefficient (Wildman–Crippen LogP) is 4.73. The molecule has 140 valence electrons. The van der Waals surface area contributed by atoms with Gasteiger partial charge in [0, 0.05) is 11.1 Å². The molecule has 0 saturated carbocycles. The van der Waals surface area contributed by atoms with E-state index in [1.54, 1.807) is 6.07 Å². The summed E-state index contributed by atoms with van der Waals surface area (Å²) in [4.78, 5) is 12.0. The second-order valence-electron chi connectivity index (χ2n) is 7.97. The van der Waals surface area contributed by atoms with Gasteiger partial charge in [-0.2, -0.15) is 13.2 Å². The van der Waals surface area contributed by atoms with E-state index in [9.17, 15) is 23.1 Å². The van der Waals surface area contributed by atoms with Crippen molar-refractivity contribution in [2.45, 2.75) is 77.0 Å². The molecule has 0 aromatic heterocycles. The highest BCUT2D eigenvalue weighted by molar-refractivity contribution is 5.90. The van der Waals surface area contributed by atoms with Gasteiger partial charge in [-0.15, -0.1) is 0 Å². The fraction of sp³-hybridized carbons (Fsp3) is 0.632. The van der Waals surface area contributed by atoms with Crippen LogP contribution in [-0.2, 0) is 21.2 Å². The van der Waals surface area contributed by atoms with E-state index in [4.69, 9.17) is 4.74 Å². The summed E-state index contributed by atoms with van der Waals surface area (Å²) in [6.45, 7) is 11.4. The molecule has 0 amide bonds. The maximum atomic E-state index is 13.5. The third-order valence-electron chi connectivity index (χ3n) is 5.66. The Balaban J connectivity index is 2.88. The molecule has 1 aliphatic heterocycles. The Hall–Kier alpha value is -1.56. The first-order valence-corrected chi connectivity index (χ1v) is 8.43. The molecule has 0 aliphatic carbocycles. The van der Waals surface area contributed by atoms with Crippen LogP contribution in [0.5, 0.6) is 5.75 Å². The van der Waals surface area contributed by atoms with Crippen molar-refractivity contribution in [1.29, 1.82) is 0 Å². The lowest BCUT2D eigenvalue weighted by atomic mass is 9.74. The number of carbonyl (C=O) groups is 1. The van der Waals surface area contributed by atoms with Gasteiger partial charge in [-0.1, -0.05) is 47.6 Å². The first kappa shape index (κ1) is 19.8. The fourth-order valence-corrected chi connectivity index (χ4v) is 2.84. The van der Waals surface area contributed by atoms with Crippen LogP contribution in [0.2, 0.25) is 0 Å². The Morgan fingerprint density at radius 3 is 2.00 bits per heavy atom. The van der Waals surface area contributed by atoms with Gasteiger partial charge in [0.25, 0.3) is 5.60 Å². The molecule has 0 radical (unpaired) electrons. The highest BCUT2D eigenvalue weighted by Gasteiger charge is 2.67. The molecule has 1 atom stereocenters. The summed E-state index contributed by atoms with van der Waals surface area (Å²) in [5.41, 5.74) is -3.89. The van der Waals surface area contributed by atoms with E-state index in [2.05, 4.69) is 0 Å². The molecule has 1 aliphatic rings. The molecule has 2 rings (SSSR count). The van der Waals surface area contributed by atoms with Gasteiger partial charge in [0.1, 0.15) is 5.75 Å². The van der Waals surface area contributed by atoms with Gasteiger partial charge in [0.2, 0.25) is 0 Å². The minimum absolute atomic E-state index is 0.160. The zero-order valence-electron chi connectivity index (χ0n) is 15.5. The molecular formula is C19H25F3O3. The SMILES string of the molecule is CCC(C)(C)c1cc(C(C)(C)CC)c2c(c1)C(O)(C(F)(F)F)C(=O)O2. The summed E-state index contributed by atoms with van der Waals surface area (Å²) in [7, 11) is 0. The first-order chi connectivity index (χ1) is 11.2. The summed E-state index contributed by atoms with van der Waals surface area (Å²) < 4.78 is 45.6. The van der Waals surface area contributed by atoms with Crippen molar-refractivity contribution in [3.63, 3.8) is 0 Å². The number of aliphatic hydroxyl groups is 1. The standard InChI is InChI=1S/C19H25F3O3/c1-7-16(3,4)11-9-12(17(5,6)8-2)14-13(10-11)18(24,15(23)25-14)19(20,21)22/h9-10,24H,7-8H2,1-6H3. The van der Waals surface area contributed by atoms with Crippen LogP contribution in [0.1, 0.15) is 71.1 Å². The molecule has 1 aromatic carbocycles. The fourth-order valence-electron chi connectivity index (χ4n) is 2.84. The lowest BCUT2D eigenvalue weighted by molar-refractivity contribution is -0.258. The summed E-state index contributed by atoms with van der Waals surface area (Å²) in [5.74, 6) is -1.85. The maximum Gasteiger partial charge on any atom is 0.432 e. The number of hydrogen-bond acceptors (Lipinski definition) is 3. The van der Waals surface area contributed by atoms with Crippen molar-refractivity contribution in [3.05, 3.63) is 28.8 Å². The van der Waals surface area contributed by atoms with E-state index in [0.717, 1.165) is 0 Å². The Labute approximate surface area is 146 Å². The van der Waals surface area contributed by atoms with E-state index in [1.165, 1.54) is 6.07 Å². The van der Waals surface area contributed by atoms with Crippen molar-refractivity contribution in [1.82, 2.24) is 0 Å². The molecule has 0 saturated heterocycles. The third-order valence-corrected chi connectivity index (χ3v) is 5.66. The Morgan fingerprint density at radius 1 is 1.04 bits per heavy atom. The maximum absolute atomic E-state index is 13.5. The topological polar surface area (TPSA) is 46.5 Å². The quantitative estimate of drug-likeness (QED) is 0.625. The molecule has 0 fully saturated rings. The molecular weight excluding hydrogens is 333 g/mol. The van der Waals surface area contributed by atoms with E-state index >= 15 is 0 Å². The number of hydrogen-bond donors (Lipinski definition) is 1.